The van der Waals surface area contributed by atoms with Gasteiger partial charge in [0, 0.05) is 12.2 Å². The number of halogens is 4. The summed E-state index contributed by atoms with van der Waals surface area (Å²) in [4.78, 5) is 11.7. The van der Waals surface area contributed by atoms with Gasteiger partial charge in [0.05, 0.1) is 0 Å². The Morgan fingerprint density at radius 3 is 2.50 bits per heavy atom. The summed E-state index contributed by atoms with van der Waals surface area (Å²) in [6.07, 6.45) is -4.81. The minimum atomic E-state index is -5.00. The van der Waals surface area contributed by atoms with Crippen LogP contribution in [0.3, 0.4) is 0 Å². The second-order valence-electron chi connectivity index (χ2n) is 3.58. The molecule has 7 heteroatoms. The third kappa shape index (κ3) is 3.69. The van der Waals surface area contributed by atoms with Crippen molar-refractivity contribution in [3.05, 3.63) is 30.1 Å². The molecule has 1 rings (SSSR count). The van der Waals surface area contributed by atoms with Crippen molar-refractivity contribution in [2.45, 2.75) is 12.6 Å². The molecule has 0 aliphatic heterocycles. The molecule has 0 aliphatic carbocycles. The van der Waals surface area contributed by atoms with E-state index in [1.807, 2.05) is 0 Å². The van der Waals surface area contributed by atoms with Gasteiger partial charge in [-0.25, -0.2) is 4.39 Å². The minimum Gasteiger partial charge on any atom is -0.330 e. The van der Waals surface area contributed by atoms with Crippen molar-refractivity contribution in [1.82, 2.24) is 0 Å². The number of nitrogens with zero attached hydrogens (tertiary/aromatic N) is 1. The Balaban J connectivity index is 3.02. The lowest BCUT2D eigenvalue weighted by molar-refractivity contribution is -0.170. The second-order valence-corrected chi connectivity index (χ2v) is 3.58. The molecule has 1 aromatic rings. The number of nitrogens with two attached hydrogens (primary N) is 1. The summed E-state index contributed by atoms with van der Waals surface area (Å²) in [6, 6.07) is 4.44. The van der Waals surface area contributed by atoms with Gasteiger partial charge in [-0.3, -0.25) is 4.79 Å². The van der Waals surface area contributed by atoms with Crippen molar-refractivity contribution in [1.29, 1.82) is 0 Å². The highest BCUT2D eigenvalue weighted by molar-refractivity contribution is 5.97. The lowest BCUT2D eigenvalue weighted by atomic mass is 10.2. The SMILES string of the molecule is NCCCN(C(=O)C(F)(F)F)c1cccc(F)c1. The van der Waals surface area contributed by atoms with Gasteiger partial charge in [-0.05, 0) is 31.2 Å². The fourth-order valence-corrected chi connectivity index (χ4v) is 1.39. The van der Waals surface area contributed by atoms with E-state index in [1.165, 1.54) is 12.1 Å². The lowest BCUT2D eigenvalue weighted by Gasteiger charge is -2.23. The van der Waals surface area contributed by atoms with Crippen molar-refractivity contribution in [2.75, 3.05) is 18.0 Å². The van der Waals surface area contributed by atoms with E-state index in [2.05, 4.69) is 0 Å². The second kappa shape index (κ2) is 5.81. The maximum atomic E-state index is 13.0. The van der Waals surface area contributed by atoms with Crippen LogP contribution in [0.1, 0.15) is 6.42 Å². The summed E-state index contributed by atoms with van der Waals surface area (Å²) in [5, 5.41) is 0. The van der Waals surface area contributed by atoms with E-state index in [-0.39, 0.29) is 25.2 Å². The van der Waals surface area contributed by atoms with Crippen molar-refractivity contribution in [3.8, 4) is 0 Å². The van der Waals surface area contributed by atoms with Gasteiger partial charge in [0.1, 0.15) is 5.82 Å². The van der Waals surface area contributed by atoms with Crippen LogP contribution >= 0.6 is 0 Å². The Morgan fingerprint density at radius 2 is 2.00 bits per heavy atom. The van der Waals surface area contributed by atoms with Gasteiger partial charge < -0.3 is 10.6 Å². The Morgan fingerprint density at radius 1 is 1.33 bits per heavy atom. The molecule has 18 heavy (non-hydrogen) atoms. The average molecular weight is 264 g/mol. The molecule has 0 saturated carbocycles. The van der Waals surface area contributed by atoms with Crippen LogP contribution in [0.25, 0.3) is 0 Å². The quantitative estimate of drug-likeness (QED) is 0.846. The summed E-state index contributed by atoms with van der Waals surface area (Å²) >= 11 is 0. The Hall–Kier alpha value is -1.63. The highest BCUT2D eigenvalue weighted by atomic mass is 19.4. The molecule has 100 valence electrons. The largest absolute Gasteiger partial charge is 0.471 e. The van der Waals surface area contributed by atoms with Gasteiger partial charge in [0.2, 0.25) is 0 Å². The third-order valence-electron chi connectivity index (χ3n) is 2.19. The van der Waals surface area contributed by atoms with Crippen LogP contribution in [0.4, 0.5) is 23.2 Å². The molecule has 0 heterocycles. The van der Waals surface area contributed by atoms with Crippen LogP contribution in [-0.2, 0) is 4.79 Å². The zero-order chi connectivity index (χ0) is 13.8. The van der Waals surface area contributed by atoms with Crippen molar-refractivity contribution in [2.24, 2.45) is 5.73 Å². The zero-order valence-electron chi connectivity index (χ0n) is 9.38. The molecule has 2 N–H and O–H groups in total. The highest BCUT2D eigenvalue weighted by Gasteiger charge is 2.42. The normalized spacial score (nSPS) is 11.4. The molecule has 1 amide bonds. The van der Waals surface area contributed by atoms with E-state index in [0.29, 0.717) is 4.90 Å². The van der Waals surface area contributed by atoms with Crippen LogP contribution < -0.4 is 10.6 Å². The summed E-state index contributed by atoms with van der Waals surface area (Å²) in [7, 11) is 0. The molecule has 3 nitrogen and oxygen atoms in total. The number of carbonyl (C=O) groups excluding carboxylic acids is 1. The molecule has 0 spiro atoms. The van der Waals surface area contributed by atoms with Crippen molar-refractivity contribution < 1.29 is 22.4 Å². The molecule has 0 radical (unpaired) electrons. The summed E-state index contributed by atoms with van der Waals surface area (Å²) in [5.41, 5.74) is 5.07. The average Bonchev–Trinajstić information content (AvgIpc) is 2.28. The monoisotopic (exact) mass is 264 g/mol. The van der Waals surface area contributed by atoms with Gasteiger partial charge in [0.15, 0.2) is 0 Å². The number of carbonyl (C=O) groups is 1. The van der Waals surface area contributed by atoms with E-state index in [9.17, 15) is 22.4 Å². The first kappa shape index (κ1) is 14.4. The van der Waals surface area contributed by atoms with Crippen molar-refractivity contribution >= 4 is 11.6 Å². The van der Waals surface area contributed by atoms with Gasteiger partial charge >= 0.3 is 12.1 Å². The third-order valence-corrected chi connectivity index (χ3v) is 2.19. The molecule has 0 atom stereocenters. The van der Waals surface area contributed by atoms with E-state index in [0.717, 1.165) is 12.1 Å². The molecule has 0 aromatic heterocycles. The molecule has 1 aromatic carbocycles. The molecule has 0 aliphatic rings. The Labute approximate surface area is 101 Å². The van der Waals surface area contributed by atoms with Crippen LogP contribution in [-0.4, -0.2) is 25.2 Å². The fraction of sp³-hybridized carbons (Fsp3) is 0.364. The van der Waals surface area contributed by atoms with Crippen LogP contribution in [0.5, 0.6) is 0 Å². The molecule has 0 fully saturated rings. The Bertz CT molecular complexity index is 420. The number of amides is 1. The van der Waals surface area contributed by atoms with Crippen LogP contribution in [0, 0.1) is 5.82 Å². The summed E-state index contributed by atoms with van der Waals surface area (Å²) in [6.45, 7) is -0.0742. The van der Waals surface area contributed by atoms with Gasteiger partial charge in [-0.15, -0.1) is 0 Å². The fourth-order valence-electron chi connectivity index (χ4n) is 1.39. The number of hydrogen-bond acceptors (Lipinski definition) is 2. The molecule has 0 bridgehead atoms. The van der Waals surface area contributed by atoms with E-state index in [1.54, 1.807) is 0 Å². The van der Waals surface area contributed by atoms with E-state index < -0.39 is 17.9 Å². The first-order valence-corrected chi connectivity index (χ1v) is 5.20. The standard InChI is InChI=1S/C11H12F4N2O/c12-8-3-1-4-9(7-8)17(6-2-5-16)10(18)11(13,14)15/h1,3-4,7H,2,5-6,16H2. The maximum absolute atomic E-state index is 13.0. The first-order valence-electron chi connectivity index (χ1n) is 5.20. The van der Waals surface area contributed by atoms with Crippen molar-refractivity contribution in [3.63, 3.8) is 0 Å². The number of hydrogen-bond donors (Lipinski definition) is 1. The van der Waals surface area contributed by atoms with E-state index >= 15 is 0 Å². The Kier molecular flexibility index (Phi) is 4.66. The molecular weight excluding hydrogens is 252 g/mol. The molecule has 0 unspecified atom stereocenters. The maximum Gasteiger partial charge on any atom is 0.471 e. The van der Waals surface area contributed by atoms with Gasteiger partial charge in [-0.1, -0.05) is 6.07 Å². The zero-order valence-corrected chi connectivity index (χ0v) is 9.38. The number of alkyl halides is 3. The predicted octanol–water partition coefficient (Wildman–Crippen LogP) is 2.07. The number of anilines is 1. The smallest absolute Gasteiger partial charge is 0.330 e. The van der Waals surface area contributed by atoms with Crippen LogP contribution in [0.2, 0.25) is 0 Å². The summed E-state index contributed by atoms with van der Waals surface area (Å²) < 4.78 is 50.2. The minimum absolute atomic E-state index is 0.134. The van der Waals surface area contributed by atoms with Gasteiger partial charge in [-0.2, -0.15) is 13.2 Å². The number of benzene rings is 1. The highest BCUT2D eigenvalue weighted by Crippen LogP contribution is 2.24. The first-order chi connectivity index (χ1) is 8.36. The molecular formula is C11H12F4N2O. The molecule has 0 saturated heterocycles. The topological polar surface area (TPSA) is 46.3 Å². The lowest BCUT2D eigenvalue weighted by Crippen LogP contribution is -2.42. The van der Waals surface area contributed by atoms with Crippen LogP contribution in [0.15, 0.2) is 24.3 Å². The van der Waals surface area contributed by atoms with Gasteiger partial charge in [0.25, 0.3) is 0 Å². The summed E-state index contributed by atoms with van der Waals surface area (Å²) in [5.74, 6) is -2.73. The predicted molar refractivity (Wildman–Crippen MR) is 58.5 cm³/mol. The number of rotatable bonds is 4. The van der Waals surface area contributed by atoms with E-state index in [4.69, 9.17) is 5.73 Å².